The van der Waals surface area contributed by atoms with Crippen molar-refractivity contribution in [2.75, 3.05) is 39.0 Å². The normalized spacial score (nSPS) is 21.2. The fourth-order valence-corrected chi connectivity index (χ4v) is 6.26. The third-order valence-corrected chi connectivity index (χ3v) is 8.51. The SMILES string of the molecule is CN1CCN(C2CCC(n3nc(-c4ccc(Cc5nc6ccccc6o5)cc4)c4c(N)ncnc43)CC2)CC1. The second-order valence-corrected chi connectivity index (χ2v) is 11.0. The second kappa shape index (κ2) is 10.1. The summed E-state index contributed by atoms with van der Waals surface area (Å²) in [7, 11) is 2.22. The van der Waals surface area contributed by atoms with Crippen LogP contribution in [0.15, 0.2) is 59.3 Å². The predicted octanol–water partition coefficient (Wildman–Crippen LogP) is 4.54. The van der Waals surface area contributed by atoms with Crippen LogP contribution in [-0.4, -0.2) is 73.8 Å². The molecule has 2 aliphatic rings. The number of likely N-dealkylation sites (N-methyl/N-ethyl adjacent to an activating group) is 1. The minimum Gasteiger partial charge on any atom is -0.440 e. The summed E-state index contributed by atoms with van der Waals surface area (Å²) in [6.07, 6.45) is 6.76. The van der Waals surface area contributed by atoms with Crippen molar-refractivity contribution in [3.8, 4) is 11.3 Å². The molecule has 9 nitrogen and oxygen atoms in total. The number of oxazole rings is 1. The number of piperazine rings is 1. The van der Waals surface area contributed by atoms with Gasteiger partial charge in [-0.3, -0.25) is 4.90 Å². The van der Waals surface area contributed by atoms with Crippen LogP contribution >= 0.6 is 0 Å². The van der Waals surface area contributed by atoms with Crippen LogP contribution < -0.4 is 5.73 Å². The molecule has 9 heteroatoms. The number of aromatic nitrogens is 5. The van der Waals surface area contributed by atoms with Gasteiger partial charge in [-0.15, -0.1) is 0 Å². The van der Waals surface area contributed by atoms with Gasteiger partial charge in [0.2, 0.25) is 0 Å². The van der Waals surface area contributed by atoms with E-state index in [0.717, 1.165) is 64.9 Å². The van der Waals surface area contributed by atoms with Crippen molar-refractivity contribution >= 4 is 28.0 Å². The highest BCUT2D eigenvalue weighted by atomic mass is 16.3. The fourth-order valence-electron chi connectivity index (χ4n) is 6.26. The molecule has 0 unspecified atom stereocenters. The molecule has 1 aliphatic heterocycles. The van der Waals surface area contributed by atoms with Crippen molar-refractivity contribution < 1.29 is 4.42 Å². The molecule has 1 aliphatic carbocycles. The molecular formula is C30H34N8O. The lowest BCUT2D eigenvalue weighted by Gasteiger charge is -2.41. The van der Waals surface area contributed by atoms with Crippen LogP contribution in [0.3, 0.4) is 0 Å². The van der Waals surface area contributed by atoms with E-state index in [-0.39, 0.29) is 0 Å². The van der Waals surface area contributed by atoms with E-state index in [1.807, 2.05) is 24.3 Å². The Kier molecular flexibility index (Phi) is 6.25. The van der Waals surface area contributed by atoms with E-state index in [2.05, 4.69) is 60.7 Å². The molecule has 0 bridgehead atoms. The number of nitrogens with two attached hydrogens (primary N) is 1. The lowest BCUT2D eigenvalue weighted by atomic mass is 9.90. The third kappa shape index (κ3) is 4.66. The first-order valence-electron chi connectivity index (χ1n) is 14.0. The highest BCUT2D eigenvalue weighted by molar-refractivity contribution is 5.98. The van der Waals surface area contributed by atoms with Crippen molar-refractivity contribution in [2.45, 2.75) is 44.2 Å². The van der Waals surface area contributed by atoms with E-state index < -0.39 is 0 Å². The van der Waals surface area contributed by atoms with Crippen LogP contribution in [0.2, 0.25) is 0 Å². The van der Waals surface area contributed by atoms with Gasteiger partial charge in [-0.2, -0.15) is 5.10 Å². The number of fused-ring (bicyclic) bond motifs is 2. The van der Waals surface area contributed by atoms with Gasteiger partial charge in [0.15, 0.2) is 17.1 Å². The zero-order chi connectivity index (χ0) is 26.3. The summed E-state index contributed by atoms with van der Waals surface area (Å²) >= 11 is 0. The summed E-state index contributed by atoms with van der Waals surface area (Å²) in [5.74, 6) is 1.19. The topological polar surface area (TPSA) is 102 Å². The maximum absolute atomic E-state index is 6.40. The molecule has 4 heterocycles. The van der Waals surface area contributed by atoms with Crippen molar-refractivity contribution in [2.24, 2.45) is 0 Å². The Bertz CT molecular complexity index is 1560. The highest BCUT2D eigenvalue weighted by Crippen LogP contribution is 2.37. The average Bonchev–Trinajstić information content (AvgIpc) is 3.56. The molecule has 7 rings (SSSR count). The standard InChI is InChI=1S/C30H34N8O/c1-36-14-16-37(17-15-36)22-10-12-23(13-11-22)38-30-27(29(31)32-19-33-30)28(35-38)21-8-6-20(7-9-21)18-26-34-24-4-2-3-5-25(24)39-26/h2-9,19,22-23H,10-18H2,1H3,(H2,31,32,33). The quantitative estimate of drug-likeness (QED) is 0.359. The van der Waals surface area contributed by atoms with Gasteiger partial charge in [-0.05, 0) is 50.4 Å². The van der Waals surface area contributed by atoms with Crippen LogP contribution in [0.25, 0.3) is 33.4 Å². The smallest absolute Gasteiger partial charge is 0.199 e. The minimum atomic E-state index is 0.317. The minimum absolute atomic E-state index is 0.317. The number of nitrogens with zero attached hydrogens (tertiary/aromatic N) is 7. The first-order valence-corrected chi connectivity index (χ1v) is 14.0. The number of nitrogen functional groups attached to an aromatic ring is 1. The molecule has 39 heavy (non-hydrogen) atoms. The van der Waals surface area contributed by atoms with E-state index in [1.165, 1.54) is 25.9 Å². The van der Waals surface area contributed by atoms with E-state index >= 15 is 0 Å². The predicted molar refractivity (Wildman–Crippen MR) is 152 cm³/mol. The summed E-state index contributed by atoms with van der Waals surface area (Å²) < 4.78 is 8.04. The van der Waals surface area contributed by atoms with Gasteiger partial charge in [0.05, 0.1) is 11.4 Å². The number of hydrogen-bond acceptors (Lipinski definition) is 8. The van der Waals surface area contributed by atoms with Crippen LogP contribution in [0.1, 0.15) is 43.2 Å². The molecule has 1 saturated carbocycles. The van der Waals surface area contributed by atoms with Crippen molar-refractivity contribution in [1.29, 1.82) is 0 Å². The summed E-state index contributed by atoms with van der Waals surface area (Å²) in [5.41, 5.74) is 11.9. The second-order valence-electron chi connectivity index (χ2n) is 11.0. The van der Waals surface area contributed by atoms with Gasteiger partial charge < -0.3 is 15.1 Å². The van der Waals surface area contributed by atoms with Gasteiger partial charge in [0.25, 0.3) is 0 Å². The summed E-state index contributed by atoms with van der Waals surface area (Å²) in [4.78, 5) is 18.7. The summed E-state index contributed by atoms with van der Waals surface area (Å²) in [5, 5.41) is 5.96. The molecule has 2 fully saturated rings. The molecule has 2 aromatic carbocycles. The number of para-hydroxylation sites is 2. The van der Waals surface area contributed by atoms with Gasteiger partial charge in [0, 0.05) is 44.2 Å². The zero-order valence-electron chi connectivity index (χ0n) is 22.3. The summed E-state index contributed by atoms with van der Waals surface area (Å²) in [6, 6.07) is 17.3. The van der Waals surface area contributed by atoms with Crippen LogP contribution in [0.5, 0.6) is 0 Å². The summed E-state index contributed by atoms with van der Waals surface area (Å²) in [6.45, 7) is 4.67. The Morgan fingerprint density at radius 1 is 0.897 bits per heavy atom. The molecule has 0 radical (unpaired) electrons. The molecule has 1 saturated heterocycles. The molecule has 0 amide bonds. The Morgan fingerprint density at radius 2 is 1.64 bits per heavy atom. The van der Waals surface area contributed by atoms with Crippen LogP contribution in [-0.2, 0) is 6.42 Å². The van der Waals surface area contributed by atoms with E-state index in [4.69, 9.17) is 15.2 Å². The van der Waals surface area contributed by atoms with E-state index in [1.54, 1.807) is 6.33 Å². The fraction of sp³-hybridized carbons (Fsp3) is 0.400. The Morgan fingerprint density at radius 3 is 2.41 bits per heavy atom. The molecular weight excluding hydrogens is 488 g/mol. The molecule has 2 N–H and O–H groups in total. The maximum Gasteiger partial charge on any atom is 0.199 e. The van der Waals surface area contributed by atoms with Crippen molar-refractivity contribution in [1.82, 2.24) is 34.5 Å². The van der Waals surface area contributed by atoms with Crippen LogP contribution in [0, 0.1) is 0 Å². The van der Waals surface area contributed by atoms with E-state index in [0.29, 0.717) is 30.2 Å². The number of benzene rings is 2. The lowest BCUT2D eigenvalue weighted by Crippen LogP contribution is -2.49. The van der Waals surface area contributed by atoms with Gasteiger partial charge in [-0.1, -0.05) is 36.4 Å². The Balaban J connectivity index is 1.12. The molecule has 0 atom stereocenters. The number of anilines is 1. The third-order valence-electron chi connectivity index (χ3n) is 8.51. The van der Waals surface area contributed by atoms with Gasteiger partial charge in [0.1, 0.15) is 23.4 Å². The van der Waals surface area contributed by atoms with E-state index in [9.17, 15) is 0 Å². The highest BCUT2D eigenvalue weighted by Gasteiger charge is 2.30. The zero-order valence-corrected chi connectivity index (χ0v) is 22.3. The van der Waals surface area contributed by atoms with Gasteiger partial charge in [-0.25, -0.2) is 19.6 Å². The first kappa shape index (κ1) is 24.2. The first-order chi connectivity index (χ1) is 19.1. The van der Waals surface area contributed by atoms with Crippen LogP contribution in [0.4, 0.5) is 5.82 Å². The molecule has 200 valence electrons. The maximum atomic E-state index is 6.40. The average molecular weight is 523 g/mol. The molecule has 3 aromatic heterocycles. The Labute approximate surface area is 227 Å². The van der Waals surface area contributed by atoms with Crippen molar-refractivity contribution in [3.63, 3.8) is 0 Å². The van der Waals surface area contributed by atoms with Crippen molar-refractivity contribution in [3.05, 3.63) is 66.3 Å². The monoisotopic (exact) mass is 522 g/mol. The molecule has 5 aromatic rings. The number of rotatable bonds is 5. The number of hydrogen-bond donors (Lipinski definition) is 1. The Hall–Kier alpha value is -3.82. The lowest BCUT2D eigenvalue weighted by molar-refractivity contribution is 0.0815. The largest absolute Gasteiger partial charge is 0.440 e. The van der Waals surface area contributed by atoms with Gasteiger partial charge >= 0.3 is 0 Å². The molecule has 0 spiro atoms.